The molecule has 0 bridgehead atoms. The number of hydrogen-bond donors (Lipinski definition) is 0. The molecule has 0 fully saturated rings. The van der Waals surface area contributed by atoms with Gasteiger partial charge >= 0.3 is 0 Å². The Hall–Kier alpha value is -1.03. The van der Waals surface area contributed by atoms with Crippen molar-refractivity contribution in [2.75, 3.05) is 12.5 Å². The first-order valence-electron chi connectivity index (χ1n) is 3.87. The highest BCUT2D eigenvalue weighted by Gasteiger charge is 2.16. The van der Waals surface area contributed by atoms with E-state index in [9.17, 15) is 10.1 Å². The van der Waals surface area contributed by atoms with E-state index in [1.165, 1.54) is 0 Å². The average molecular weight is 198 g/mol. The molecule has 70 valence electrons. The zero-order valence-electron chi connectivity index (χ0n) is 7.69. The van der Waals surface area contributed by atoms with Gasteiger partial charge in [-0.2, -0.15) is 0 Å². The number of para-hydroxylation sites is 1. The lowest BCUT2D eigenvalue weighted by molar-refractivity contribution is -0.385. The largest absolute Gasteiger partial charge is 0.277 e. The molecule has 0 saturated heterocycles. The minimum absolute atomic E-state index is 0.202. The van der Waals surface area contributed by atoms with Crippen molar-refractivity contribution in [3.8, 4) is 0 Å². The van der Waals surface area contributed by atoms with Crippen LogP contribution in [0, 0.1) is 10.1 Å². The van der Waals surface area contributed by atoms with Gasteiger partial charge in [-0.1, -0.05) is 12.1 Å². The fourth-order valence-corrected chi connectivity index (χ4v) is 1.99. The number of nitro groups is 1. The summed E-state index contributed by atoms with van der Waals surface area (Å²) in [6.07, 6.45) is 4.16. The van der Waals surface area contributed by atoms with Gasteiger partial charge in [-0.3, -0.25) is 10.1 Å². The summed E-state index contributed by atoms with van der Waals surface area (Å²) in [5.74, 6) is 0.789. The molecule has 0 spiro atoms. The third-order valence-corrected chi connectivity index (χ3v) is 2.52. The molecule has 1 rings (SSSR count). The number of nitrogens with zero attached hydrogens (tertiary/aromatic N) is 1. The Bertz CT molecular complexity index is 312. The molecule has 0 aromatic heterocycles. The van der Waals surface area contributed by atoms with E-state index in [-0.39, 0.29) is 21.5 Å². The predicted octanol–water partition coefficient (Wildman–Crippen LogP) is 1.97. The minimum Gasteiger partial charge on any atom is -0.258 e. The van der Waals surface area contributed by atoms with Crippen molar-refractivity contribution in [2.24, 2.45) is 0 Å². The number of nitro benzene ring substituents is 1. The highest BCUT2D eigenvalue weighted by atomic mass is 32.2. The van der Waals surface area contributed by atoms with Crippen LogP contribution in [0.3, 0.4) is 0 Å². The van der Waals surface area contributed by atoms with Crippen LogP contribution in [-0.2, 0) is 16.6 Å². The number of rotatable bonds is 3. The molecule has 0 atom stereocenters. The van der Waals surface area contributed by atoms with Crippen LogP contribution in [0.5, 0.6) is 0 Å². The van der Waals surface area contributed by atoms with Crippen LogP contribution in [0.25, 0.3) is 0 Å². The highest BCUT2D eigenvalue weighted by Crippen LogP contribution is 2.19. The molecule has 0 saturated carbocycles. The zero-order chi connectivity index (χ0) is 9.84. The van der Waals surface area contributed by atoms with Gasteiger partial charge in [-0.05, 0) is 17.0 Å². The van der Waals surface area contributed by atoms with Gasteiger partial charge in [0.1, 0.15) is 5.75 Å². The molecular weight excluding hydrogens is 186 g/mol. The zero-order valence-corrected chi connectivity index (χ0v) is 8.50. The fourth-order valence-electron chi connectivity index (χ4n) is 1.12. The summed E-state index contributed by atoms with van der Waals surface area (Å²) in [5.41, 5.74) is 1.07. The molecule has 0 aliphatic rings. The Morgan fingerprint density at radius 3 is 2.54 bits per heavy atom. The molecule has 0 aliphatic heterocycles. The van der Waals surface area contributed by atoms with Crippen LogP contribution in [0.1, 0.15) is 5.56 Å². The molecule has 13 heavy (non-hydrogen) atoms. The molecule has 0 radical (unpaired) electrons. The molecule has 0 N–H and O–H groups in total. The van der Waals surface area contributed by atoms with Gasteiger partial charge in [0.05, 0.1) is 23.0 Å². The van der Waals surface area contributed by atoms with E-state index in [2.05, 4.69) is 12.5 Å². The van der Waals surface area contributed by atoms with E-state index in [4.69, 9.17) is 0 Å². The molecule has 0 unspecified atom stereocenters. The summed E-state index contributed by atoms with van der Waals surface area (Å²) in [7, 11) is 0.202. The van der Waals surface area contributed by atoms with Crippen LogP contribution in [0.4, 0.5) is 5.69 Å². The van der Waals surface area contributed by atoms with E-state index < -0.39 is 0 Å². The first kappa shape index (κ1) is 10.1. The Kier molecular flexibility index (Phi) is 3.31. The predicted molar refractivity (Wildman–Crippen MR) is 56.0 cm³/mol. The topological polar surface area (TPSA) is 43.1 Å². The summed E-state index contributed by atoms with van der Waals surface area (Å²) in [6, 6.07) is 6.92. The Morgan fingerprint density at radius 1 is 1.38 bits per heavy atom. The third-order valence-electron chi connectivity index (χ3n) is 1.63. The van der Waals surface area contributed by atoms with E-state index in [0.717, 1.165) is 11.3 Å². The maximum absolute atomic E-state index is 10.6. The molecule has 1 aromatic rings. The lowest BCUT2D eigenvalue weighted by Gasteiger charge is -1.99. The quantitative estimate of drug-likeness (QED) is 0.423. The van der Waals surface area contributed by atoms with Gasteiger partial charge in [0, 0.05) is 6.07 Å². The van der Waals surface area contributed by atoms with Gasteiger partial charge in [0.25, 0.3) is 5.69 Å². The maximum atomic E-state index is 10.6. The lowest BCUT2D eigenvalue weighted by atomic mass is 10.2. The summed E-state index contributed by atoms with van der Waals surface area (Å²) in [5, 5.41) is 10.6. The van der Waals surface area contributed by atoms with Crippen molar-refractivity contribution in [1.82, 2.24) is 0 Å². The van der Waals surface area contributed by atoms with Gasteiger partial charge < -0.3 is 0 Å². The Balaban J connectivity index is 2.98. The normalized spacial score (nSPS) is 10.4. The first-order valence-corrected chi connectivity index (χ1v) is 6.09. The van der Waals surface area contributed by atoms with Crippen molar-refractivity contribution < 1.29 is 4.92 Å². The van der Waals surface area contributed by atoms with Crippen molar-refractivity contribution in [3.63, 3.8) is 0 Å². The van der Waals surface area contributed by atoms with E-state index >= 15 is 0 Å². The average Bonchev–Trinajstić information content (AvgIpc) is 2.03. The fraction of sp³-hybridized carbons (Fsp3) is 0.333. The van der Waals surface area contributed by atoms with Crippen LogP contribution >= 0.6 is 0 Å². The Morgan fingerprint density at radius 2 is 2.00 bits per heavy atom. The van der Waals surface area contributed by atoms with Gasteiger partial charge in [-0.25, -0.2) is 0 Å². The molecule has 0 heterocycles. The number of benzene rings is 1. The molecule has 1 aromatic carbocycles. The summed E-state index contributed by atoms with van der Waals surface area (Å²) < 4.78 is 0. The Labute approximate surface area is 80.3 Å². The van der Waals surface area contributed by atoms with E-state index in [0.29, 0.717) is 0 Å². The summed E-state index contributed by atoms with van der Waals surface area (Å²) >= 11 is 0. The third kappa shape index (κ3) is 2.73. The minimum atomic E-state index is -0.317. The molecule has 3 nitrogen and oxygen atoms in total. The second kappa shape index (κ2) is 4.28. The van der Waals surface area contributed by atoms with Crippen molar-refractivity contribution >= 4 is 16.6 Å². The molecule has 0 amide bonds. The van der Waals surface area contributed by atoms with Crippen LogP contribution in [0.2, 0.25) is 0 Å². The highest BCUT2D eigenvalue weighted by molar-refractivity contribution is 7.94. The van der Waals surface area contributed by atoms with Crippen molar-refractivity contribution in [3.05, 3.63) is 39.9 Å². The second-order valence-corrected chi connectivity index (χ2v) is 5.28. The summed E-state index contributed by atoms with van der Waals surface area (Å²) in [6.45, 7) is 0. The van der Waals surface area contributed by atoms with E-state index in [1.807, 2.05) is 12.1 Å². The van der Waals surface area contributed by atoms with Crippen molar-refractivity contribution in [1.29, 1.82) is 0 Å². The van der Waals surface area contributed by atoms with Crippen LogP contribution < -0.4 is 0 Å². The number of hydrogen-bond acceptors (Lipinski definition) is 2. The maximum Gasteiger partial charge on any atom is 0.277 e. The van der Waals surface area contributed by atoms with Crippen LogP contribution in [-0.4, -0.2) is 17.4 Å². The van der Waals surface area contributed by atoms with Gasteiger partial charge in [0.2, 0.25) is 0 Å². The molecule has 4 heteroatoms. The van der Waals surface area contributed by atoms with E-state index in [1.54, 1.807) is 12.1 Å². The second-order valence-electron chi connectivity index (χ2n) is 3.02. The SMILES string of the molecule is C[S+](C)Cc1ccccc1[N+](=O)[O-]. The molecule has 0 aliphatic carbocycles. The smallest absolute Gasteiger partial charge is 0.258 e. The molecular formula is C9H12NO2S+. The lowest BCUT2D eigenvalue weighted by Crippen LogP contribution is -2.02. The van der Waals surface area contributed by atoms with Crippen molar-refractivity contribution in [2.45, 2.75) is 5.75 Å². The summed E-state index contributed by atoms with van der Waals surface area (Å²) in [4.78, 5) is 10.3. The van der Waals surface area contributed by atoms with Gasteiger partial charge in [0.15, 0.2) is 0 Å². The first-order chi connectivity index (χ1) is 6.11. The monoisotopic (exact) mass is 198 g/mol. The van der Waals surface area contributed by atoms with Gasteiger partial charge in [-0.15, -0.1) is 0 Å². The standard InChI is InChI=1S/C9H12NO2S/c1-13(2)7-8-5-3-4-6-9(8)10(11)12/h3-6H,7H2,1-2H3/q+1. The van der Waals surface area contributed by atoms with Crippen LogP contribution in [0.15, 0.2) is 24.3 Å².